The van der Waals surface area contributed by atoms with E-state index in [0.29, 0.717) is 5.56 Å². The molecule has 0 atom stereocenters. The second-order valence-corrected chi connectivity index (χ2v) is 6.77. The van der Waals surface area contributed by atoms with Gasteiger partial charge in [0.25, 0.3) is 0 Å². The molecule has 4 rings (SSSR count). The molecule has 1 aliphatic heterocycles. The van der Waals surface area contributed by atoms with Gasteiger partial charge in [-0.05, 0) is 29.3 Å². The number of piperazine rings is 1. The molecule has 0 saturated carbocycles. The minimum Gasteiger partial charge on any atom is -0.353 e. The minimum atomic E-state index is 0.650. The molecule has 1 saturated heterocycles. The lowest BCUT2D eigenvalue weighted by atomic mass is 10.1. The van der Waals surface area contributed by atoms with Crippen LogP contribution in [0.15, 0.2) is 61.1 Å². The molecular formula is C21H22N6. The van der Waals surface area contributed by atoms with Gasteiger partial charge in [-0.1, -0.05) is 24.3 Å². The Bertz CT molecular complexity index is 920. The highest BCUT2D eigenvalue weighted by Crippen LogP contribution is 2.19. The first kappa shape index (κ1) is 17.3. The van der Waals surface area contributed by atoms with Gasteiger partial charge in [-0.3, -0.25) is 9.58 Å². The summed E-state index contributed by atoms with van der Waals surface area (Å²) in [5, 5.41) is 13.6. The molecule has 0 spiro atoms. The Balaban J connectivity index is 1.36. The fourth-order valence-corrected chi connectivity index (χ4v) is 3.52. The monoisotopic (exact) mass is 358 g/mol. The third-order valence-corrected chi connectivity index (χ3v) is 4.88. The number of hydrogen-bond donors (Lipinski definition) is 0. The molecule has 2 aromatic heterocycles. The fourth-order valence-electron chi connectivity index (χ4n) is 3.52. The smallest absolute Gasteiger partial charge is 0.146 e. The van der Waals surface area contributed by atoms with Crippen molar-refractivity contribution in [1.29, 1.82) is 5.26 Å². The summed E-state index contributed by atoms with van der Waals surface area (Å²) in [6.07, 6.45) is 5.55. The second kappa shape index (κ2) is 8.02. The van der Waals surface area contributed by atoms with Crippen molar-refractivity contribution >= 4 is 5.82 Å². The van der Waals surface area contributed by atoms with Crippen molar-refractivity contribution in [3.05, 3.63) is 77.7 Å². The molecule has 136 valence electrons. The van der Waals surface area contributed by atoms with Crippen LogP contribution in [0.2, 0.25) is 0 Å². The maximum Gasteiger partial charge on any atom is 0.146 e. The Morgan fingerprint density at radius 3 is 2.48 bits per heavy atom. The summed E-state index contributed by atoms with van der Waals surface area (Å²) >= 11 is 0. The molecular weight excluding hydrogens is 336 g/mol. The average Bonchev–Trinajstić information content (AvgIpc) is 3.22. The molecule has 1 aromatic carbocycles. The summed E-state index contributed by atoms with van der Waals surface area (Å²) in [6.45, 7) is 5.44. The van der Waals surface area contributed by atoms with Crippen molar-refractivity contribution in [3.8, 4) is 6.07 Å². The highest BCUT2D eigenvalue weighted by Gasteiger charge is 2.20. The summed E-state index contributed by atoms with van der Waals surface area (Å²) in [5.41, 5.74) is 3.24. The number of aromatic nitrogens is 3. The summed E-state index contributed by atoms with van der Waals surface area (Å²) in [6, 6.07) is 16.6. The van der Waals surface area contributed by atoms with E-state index in [9.17, 15) is 5.26 Å². The van der Waals surface area contributed by atoms with Crippen LogP contribution < -0.4 is 4.90 Å². The van der Waals surface area contributed by atoms with Crippen LogP contribution in [0.3, 0.4) is 0 Å². The molecule has 0 bridgehead atoms. The highest BCUT2D eigenvalue weighted by atomic mass is 15.3. The lowest BCUT2D eigenvalue weighted by Crippen LogP contribution is -2.46. The average molecular weight is 358 g/mol. The van der Waals surface area contributed by atoms with Gasteiger partial charge in [0.1, 0.15) is 11.9 Å². The second-order valence-electron chi connectivity index (χ2n) is 6.77. The van der Waals surface area contributed by atoms with E-state index >= 15 is 0 Å². The molecule has 0 amide bonds. The maximum absolute atomic E-state index is 9.28. The van der Waals surface area contributed by atoms with Crippen molar-refractivity contribution < 1.29 is 0 Å². The fraction of sp³-hybridized carbons (Fsp3) is 0.286. The molecule has 6 heteroatoms. The van der Waals surface area contributed by atoms with Crippen molar-refractivity contribution in [2.45, 2.75) is 13.1 Å². The van der Waals surface area contributed by atoms with Crippen LogP contribution in [0.5, 0.6) is 0 Å². The number of benzene rings is 1. The van der Waals surface area contributed by atoms with E-state index in [1.807, 2.05) is 35.3 Å². The molecule has 0 aliphatic carbocycles. The van der Waals surface area contributed by atoms with Crippen molar-refractivity contribution in [2.24, 2.45) is 0 Å². The Morgan fingerprint density at radius 2 is 1.74 bits per heavy atom. The Labute approximate surface area is 159 Å². The van der Waals surface area contributed by atoms with Gasteiger partial charge in [0, 0.05) is 51.3 Å². The maximum atomic E-state index is 9.28. The molecule has 0 unspecified atom stereocenters. The first-order chi connectivity index (χ1) is 13.3. The normalized spacial score (nSPS) is 14.9. The van der Waals surface area contributed by atoms with Gasteiger partial charge < -0.3 is 4.90 Å². The summed E-state index contributed by atoms with van der Waals surface area (Å²) in [5.74, 6) is 0.806. The van der Waals surface area contributed by atoms with E-state index in [-0.39, 0.29) is 0 Å². The van der Waals surface area contributed by atoms with Gasteiger partial charge in [0.15, 0.2) is 0 Å². The van der Waals surface area contributed by atoms with Gasteiger partial charge in [0.2, 0.25) is 0 Å². The SMILES string of the molecule is N#Cc1cccnc1N1CCN(Cc2cccc(Cn3cccn3)c2)CC1. The number of nitriles is 1. The first-order valence-electron chi connectivity index (χ1n) is 9.19. The summed E-state index contributed by atoms with van der Waals surface area (Å²) in [4.78, 5) is 9.07. The van der Waals surface area contributed by atoms with E-state index in [4.69, 9.17) is 0 Å². The molecule has 0 radical (unpaired) electrons. The molecule has 1 aliphatic rings. The van der Waals surface area contributed by atoms with Gasteiger partial charge in [0.05, 0.1) is 12.1 Å². The van der Waals surface area contributed by atoms with Crippen molar-refractivity contribution in [1.82, 2.24) is 19.7 Å². The van der Waals surface area contributed by atoms with E-state index in [1.165, 1.54) is 11.1 Å². The predicted octanol–water partition coefficient (Wildman–Crippen LogP) is 2.52. The van der Waals surface area contributed by atoms with Gasteiger partial charge in [-0.15, -0.1) is 0 Å². The molecule has 0 N–H and O–H groups in total. The number of nitrogens with zero attached hydrogens (tertiary/aromatic N) is 6. The van der Waals surface area contributed by atoms with Crippen molar-refractivity contribution in [3.63, 3.8) is 0 Å². The molecule has 3 aromatic rings. The number of anilines is 1. The Morgan fingerprint density at radius 1 is 0.926 bits per heavy atom. The zero-order chi connectivity index (χ0) is 18.5. The standard InChI is InChI=1S/C21H22N6/c22-15-20-6-2-7-23-21(20)26-12-10-25(11-13-26)16-18-4-1-5-19(14-18)17-27-9-3-8-24-27/h1-9,14H,10-13,16-17H2. The van der Waals surface area contributed by atoms with Crippen LogP contribution in [0.4, 0.5) is 5.82 Å². The molecule has 3 heterocycles. The molecule has 1 fully saturated rings. The van der Waals surface area contributed by atoms with Crippen LogP contribution >= 0.6 is 0 Å². The zero-order valence-electron chi connectivity index (χ0n) is 15.2. The number of hydrogen-bond acceptors (Lipinski definition) is 5. The van der Waals surface area contributed by atoms with Gasteiger partial charge >= 0.3 is 0 Å². The Hall–Kier alpha value is -3.17. The number of rotatable bonds is 5. The first-order valence-corrected chi connectivity index (χ1v) is 9.19. The van der Waals surface area contributed by atoms with Crippen LogP contribution in [0.1, 0.15) is 16.7 Å². The number of pyridine rings is 1. The third kappa shape index (κ3) is 4.15. The molecule has 27 heavy (non-hydrogen) atoms. The van der Waals surface area contributed by atoms with E-state index < -0.39 is 0 Å². The third-order valence-electron chi connectivity index (χ3n) is 4.88. The van der Waals surface area contributed by atoms with Crippen molar-refractivity contribution in [2.75, 3.05) is 31.1 Å². The largest absolute Gasteiger partial charge is 0.353 e. The van der Waals surface area contributed by atoms with Gasteiger partial charge in [-0.25, -0.2) is 4.98 Å². The van der Waals surface area contributed by atoms with E-state index in [2.05, 4.69) is 50.2 Å². The lowest BCUT2D eigenvalue weighted by molar-refractivity contribution is 0.249. The highest BCUT2D eigenvalue weighted by molar-refractivity contribution is 5.53. The van der Waals surface area contributed by atoms with Crippen LogP contribution in [0, 0.1) is 11.3 Å². The van der Waals surface area contributed by atoms with Crippen LogP contribution in [0.25, 0.3) is 0 Å². The zero-order valence-corrected chi connectivity index (χ0v) is 15.2. The van der Waals surface area contributed by atoms with Crippen LogP contribution in [-0.4, -0.2) is 45.8 Å². The quantitative estimate of drug-likeness (QED) is 0.701. The topological polar surface area (TPSA) is 61.0 Å². The summed E-state index contributed by atoms with van der Waals surface area (Å²) in [7, 11) is 0. The Kier molecular flexibility index (Phi) is 5.13. The van der Waals surface area contributed by atoms with Gasteiger partial charge in [-0.2, -0.15) is 10.4 Å². The van der Waals surface area contributed by atoms with E-state index in [0.717, 1.165) is 45.1 Å². The molecule has 6 nitrogen and oxygen atoms in total. The summed E-state index contributed by atoms with van der Waals surface area (Å²) < 4.78 is 1.94. The lowest BCUT2D eigenvalue weighted by Gasteiger charge is -2.35. The van der Waals surface area contributed by atoms with Crippen LogP contribution in [-0.2, 0) is 13.1 Å². The van der Waals surface area contributed by atoms with E-state index in [1.54, 1.807) is 6.20 Å². The minimum absolute atomic E-state index is 0.650. The predicted molar refractivity (Wildman–Crippen MR) is 104 cm³/mol.